The molecule has 1 atom stereocenters. The van der Waals surface area contributed by atoms with Crippen molar-refractivity contribution < 1.29 is 9.18 Å². The maximum atomic E-state index is 13.1. The number of benzene rings is 1. The van der Waals surface area contributed by atoms with Gasteiger partial charge in [-0.3, -0.25) is 9.48 Å². The first-order valence-corrected chi connectivity index (χ1v) is 10.3. The van der Waals surface area contributed by atoms with E-state index >= 15 is 0 Å². The number of hydrogen-bond donors (Lipinski definition) is 2. The predicted octanol–water partition coefficient (Wildman–Crippen LogP) is 4.38. The molecule has 3 aromatic rings. The molecule has 0 saturated carbocycles. The van der Waals surface area contributed by atoms with E-state index in [1.165, 1.54) is 23.5 Å². The number of rotatable bonds is 7. The summed E-state index contributed by atoms with van der Waals surface area (Å²) >= 11 is 13.8. The quantitative estimate of drug-likeness (QED) is 0.572. The van der Waals surface area contributed by atoms with Crippen LogP contribution in [-0.2, 0) is 13.0 Å². The summed E-state index contributed by atoms with van der Waals surface area (Å²) in [6, 6.07) is 7.55. The maximum absolute atomic E-state index is 13.1. The van der Waals surface area contributed by atoms with Gasteiger partial charge < -0.3 is 11.1 Å². The lowest BCUT2D eigenvalue weighted by Gasteiger charge is -2.16. The molecular formula is C19H19Cl2FN4OS. The zero-order chi connectivity index (χ0) is 20.3. The molecule has 28 heavy (non-hydrogen) atoms. The van der Waals surface area contributed by atoms with Crippen LogP contribution in [0.25, 0.3) is 11.3 Å². The molecule has 148 valence electrons. The molecule has 0 spiro atoms. The van der Waals surface area contributed by atoms with E-state index in [-0.39, 0.29) is 24.3 Å². The zero-order valence-electron chi connectivity index (χ0n) is 15.1. The molecule has 9 heteroatoms. The van der Waals surface area contributed by atoms with Gasteiger partial charge in [0, 0.05) is 24.7 Å². The third-order valence-electron chi connectivity index (χ3n) is 4.28. The molecule has 1 aromatic carbocycles. The molecule has 0 fully saturated rings. The Morgan fingerprint density at radius 2 is 2.07 bits per heavy atom. The average Bonchev–Trinajstić information content (AvgIpc) is 3.24. The smallest absolute Gasteiger partial charge is 0.261 e. The molecular weight excluding hydrogens is 422 g/mol. The van der Waals surface area contributed by atoms with Crippen LogP contribution in [0.4, 0.5) is 4.39 Å². The first-order chi connectivity index (χ1) is 13.4. The van der Waals surface area contributed by atoms with Gasteiger partial charge in [0.15, 0.2) is 0 Å². The second kappa shape index (κ2) is 9.05. The molecule has 3 N–H and O–H groups in total. The molecule has 3 rings (SSSR count). The van der Waals surface area contributed by atoms with Crippen LogP contribution in [0.15, 0.2) is 36.5 Å². The first kappa shape index (κ1) is 20.8. The summed E-state index contributed by atoms with van der Waals surface area (Å²) < 4.78 is 15.2. The van der Waals surface area contributed by atoms with Crippen molar-refractivity contribution in [3.05, 3.63) is 62.1 Å². The van der Waals surface area contributed by atoms with Gasteiger partial charge in [-0.1, -0.05) is 35.3 Å². The SMILES string of the molecule is CCn1ncc(Cl)c1-c1cc(C(=O)NC(CN)Cc2ccc(F)cc2)sc1Cl. The number of amides is 1. The average molecular weight is 441 g/mol. The van der Waals surface area contributed by atoms with Crippen LogP contribution >= 0.6 is 34.5 Å². The predicted molar refractivity (Wildman–Crippen MR) is 112 cm³/mol. The maximum Gasteiger partial charge on any atom is 0.261 e. The Kier molecular flexibility index (Phi) is 6.72. The first-order valence-electron chi connectivity index (χ1n) is 8.69. The van der Waals surface area contributed by atoms with E-state index < -0.39 is 0 Å². The van der Waals surface area contributed by atoms with Crippen molar-refractivity contribution in [3.63, 3.8) is 0 Å². The van der Waals surface area contributed by atoms with E-state index in [1.54, 1.807) is 29.1 Å². The molecule has 0 radical (unpaired) electrons. The lowest BCUT2D eigenvalue weighted by molar-refractivity contribution is 0.0942. The van der Waals surface area contributed by atoms with Crippen LogP contribution in [-0.4, -0.2) is 28.3 Å². The summed E-state index contributed by atoms with van der Waals surface area (Å²) in [6.45, 7) is 2.83. The van der Waals surface area contributed by atoms with E-state index in [2.05, 4.69) is 10.4 Å². The van der Waals surface area contributed by atoms with Crippen molar-refractivity contribution in [2.24, 2.45) is 5.73 Å². The highest BCUT2D eigenvalue weighted by molar-refractivity contribution is 7.18. The number of aryl methyl sites for hydroxylation is 1. The van der Waals surface area contributed by atoms with Gasteiger partial charge in [0.2, 0.25) is 0 Å². The van der Waals surface area contributed by atoms with E-state index in [0.717, 1.165) is 5.56 Å². The molecule has 0 aliphatic rings. The Hall–Kier alpha value is -1.93. The zero-order valence-corrected chi connectivity index (χ0v) is 17.4. The van der Waals surface area contributed by atoms with Gasteiger partial charge in [-0.15, -0.1) is 11.3 Å². The van der Waals surface area contributed by atoms with Gasteiger partial charge in [0.25, 0.3) is 5.91 Å². The van der Waals surface area contributed by atoms with Crippen molar-refractivity contribution in [1.29, 1.82) is 0 Å². The van der Waals surface area contributed by atoms with E-state index in [9.17, 15) is 9.18 Å². The summed E-state index contributed by atoms with van der Waals surface area (Å²) in [6.07, 6.45) is 2.06. The Labute approximate surface area is 176 Å². The number of nitrogens with zero attached hydrogens (tertiary/aromatic N) is 2. The van der Waals surface area contributed by atoms with Crippen LogP contribution in [0.3, 0.4) is 0 Å². The van der Waals surface area contributed by atoms with Gasteiger partial charge in [-0.05, 0) is 37.1 Å². The number of aromatic nitrogens is 2. The standard InChI is InChI=1S/C19H19Cl2FN4OS/c1-2-26-17(15(20)10-24-26)14-8-16(28-18(14)21)19(27)25-13(9-23)7-11-3-5-12(22)6-4-11/h3-6,8,10,13H,2,7,9,23H2,1H3,(H,25,27). The normalized spacial score (nSPS) is 12.2. The summed E-state index contributed by atoms with van der Waals surface area (Å²) in [4.78, 5) is 13.2. The number of halogens is 3. The molecule has 0 bridgehead atoms. The highest BCUT2D eigenvalue weighted by Gasteiger charge is 2.21. The summed E-state index contributed by atoms with van der Waals surface area (Å²) in [5.74, 6) is -0.572. The van der Waals surface area contributed by atoms with Gasteiger partial charge >= 0.3 is 0 Å². The Morgan fingerprint density at radius 3 is 2.71 bits per heavy atom. The molecule has 1 unspecified atom stereocenters. The number of hydrogen-bond acceptors (Lipinski definition) is 4. The molecule has 5 nitrogen and oxygen atoms in total. The molecule has 0 saturated heterocycles. The van der Waals surface area contributed by atoms with E-state index in [1.807, 2.05) is 6.92 Å². The summed E-state index contributed by atoms with van der Waals surface area (Å²) in [5, 5.41) is 7.60. The highest BCUT2D eigenvalue weighted by atomic mass is 35.5. The van der Waals surface area contributed by atoms with E-state index in [0.29, 0.717) is 38.5 Å². The number of thiophene rings is 1. The van der Waals surface area contributed by atoms with Crippen LogP contribution in [0.1, 0.15) is 22.2 Å². The fraction of sp³-hybridized carbons (Fsp3) is 0.263. The minimum absolute atomic E-state index is 0.253. The van der Waals surface area contributed by atoms with Crippen molar-refractivity contribution in [2.45, 2.75) is 25.9 Å². The minimum atomic E-state index is -0.303. The lowest BCUT2D eigenvalue weighted by Crippen LogP contribution is -2.41. The Balaban J connectivity index is 1.77. The van der Waals surface area contributed by atoms with Gasteiger partial charge in [0.1, 0.15) is 10.2 Å². The second-order valence-corrected chi connectivity index (χ2v) is 8.25. The van der Waals surface area contributed by atoms with Gasteiger partial charge in [-0.2, -0.15) is 5.10 Å². The summed E-state index contributed by atoms with van der Waals surface area (Å²) in [5.41, 5.74) is 8.05. The monoisotopic (exact) mass is 440 g/mol. The molecule has 2 aromatic heterocycles. The summed E-state index contributed by atoms with van der Waals surface area (Å²) in [7, 11) is 0. The number of carbonyl (C=O) groups excluding carboxylic acids is 1. The van der Waals surface area contributed by atoms with Gasteiger partial charge in [0.05, 0.1) is 21.8 Å². The Morgan fingerprint density at radius 1 is 1.36 bits per heavy atom. The fourth-order valence-electron chi connectivity index (χ4n) is 2.87. The Bertz CT molecular complexity index is 971. The number of nitrogens with two attached hydrogens (primary N) is 1. The van der Waals surface area contributed by atoms with Crippen LogP contribution in [0.2, 0.25) is 9.36 Å². The molecule has 2 heterocycles. The van der Waals surface area contributed by atoms with Gasteiger partial charge in [-0.25, -0.2) is 4.39 Å². The van der Waals surface area contributed by atoms with E-state index in [4.69, 9.17) is 28.9 Å². The fourth-order valence-corrected chi connectivity index (χ4v) is 4.29. The van der Waals surface area contributed by atoms with Crippen LogP contribution in [0, 0.1) is 5.82 Å². The number of nitrogens with one attached hydrogen (secondary N) is 1. The second-order valence-electron chi connectivity index (χ2n) is 6.19. The molecule has 0 aliphatic carbocycles. The van der Waals surface area contributed by atoms with Crippen LogP contribution < -0.4 is 11.1 Å². The third kappa shape index (κ3) is 4.55. The highest BCUT2D eigenvalue weighted by Crippen LogP contribution is 2.39. The van der Waals surface area contributed by atoms with Crippen LogP contribution in [0.5, 0.6) is 0 Å². The molecule has 0 aliphatic heterocycles. The van der Waals surface area contributed by atoms with Crippen molar-refractivity contribution in [3.8, 4) is 11.3 Å². The van der Waals surface area contributed by atoms with Crippen molar-refractivity contribution >= 4 is 40.4 Å². The number of carbonyl (C=O) groups is 1. The largest absolute Gasteiger partial charge is 0.347 e. The van der Waals surface area contributed by atoms with Crippen molar-refractivity contribution in [2.75, 3.05) is 6.54 Å². The minimum Gasteiger partial charge on any atom is -0.347 e. The topological polar surface area (TPSA) is 72.9 Å². The lowest BCUT2D eigenvalue weighted by atomic mass is 10.1. The van der Waals surface area contributed by atoms with Crippen molar-refractivity contribution in [1.82, 2.24) is 15.1 Å². The third-order valence-corrected chi connectivity index (χ3v) is 5.91. The molecule has 1 amide bonds.